The normalized spacial score (nSPS) is 17.9. The molecule has 4 aromatic rings. The lowest BCUT2D eigenvalue weighted by atomic mass is 9.96. The van der Waals surface area contributed by atoms with Crippen LogP contribution in [0.1, 0.15) is 34.7 Å². The highest BCUT2D eigenvalue weighted by atomic mass is 32.1. The highest BCUT2D eigenvalue weighted by molar-refractivity contribution is 7.80. The number of pyridine rings is 1. The minimum atomic E-state index is -0.299. The van der Waals surface area contributed by atoms with Gasteiger partial charge in [0, 0.05) is 23.3 Å². The molecule has 0 unspecified atom stereocenters. The summed E-state index contributed by atoms with van der Waals surface area (Å²) in [5, 5.41) is 14.5. The van der Waals surface area contributed by atoms with Gasteiger partial charge in [-0.15, -0.1) is 0 Å². The molecule has 1 aliphatic rings. The van der Waals surface area contributed by atoms with E-state index in [-0.39, 0.29) is 23.7 Å². The van der Waals surface area contributed by atoms with E-state index >= 15 is 0 Å². The predicted molar refractivity (Wildman–Crippen MR) is 131 cm³/mol. The van der Waals surface area contributed by atoms with Gasteiger partial charge in [0.15, 0.2) is 5.11 Å². The van der Waals surface area contributed by atoms with E-state index in [0.717, 1.165) is 34.0 Å². The molecule has 2 aromatic heterocycles. The SMILES string of the molecule is Cc1cc([C@@H]2[C@H](c3ccccn3)NC(=S)N2c2ccc(F)cc2)c(C)n1-c1ccccc1O. The van der Waals surface area contributed by atoms with Crippen LogP contribution in [0.5, 0.6) is 5.75 Å². The standard InChI is InChI=1S/C26H23FN4OS/c1-16-15-20(17(2)30(16)22-8-3-4-9-23(22)32)25-24(21-7-5-6-14-28-21)29-26(33)31(25)19-12-10-18(27)11-13-19/h3-15,24-25,32H,1-2H3,(H,29,33)/t24-,25+/m0/s1. The molecule has 2 N–H and O–H groups in total. The molecule has 166 valence electrons. The molecule has 0 radical (unpaired) electrons. The lowest BCUT2D eigenvalue weighted by molar-refractivity contribution is 0.471. The van der Waals surface area contributed by atoms with Crippen molar-refractivity contribution in [2.24, 2.45) is 0 Å². The second-order valence-corrected chi connectivity index (χ2v) is 8.51. The van der Waals surface area contributed by atoms with E-state index in [2.05, 4.69) is 16.4 Å². The molecule has 2 atom stereocenters. The van der Waals surface area contributed by atoms with Crippen LogP contribution in [0, 0.1) is 19.7 Å². The number of hydrogen-bond donors (Lipinski definition) is 2. The smallest absolute Gasteiger partial charge is 0.174 e. The summed E-state index contributed by atoms with van der Waals surface area (Å²) >= 11 is 5.75. The summed E-state index contributed by atoms with van der Waals surface area (Å²) in [7, 11) is 0. The summed E-state index contributed by atoms with van der Waals surface area (Å²) in [5.41, 5.74) is 5.39. The number of para-hydroxylation sites is 2. The molecule has 0 amide bonds. The van der Waals surface area contributed by atoms with Crippen LogP contribution in [0.15, 0.2) is 79.0 Å². The molecule has 1 fully saturated rings. The fourth-order valence-corrected chi connectivity index (χ4v) is 5.01. The Morgan fingerprint density at radius 3 is 2.42 bits per heavy atom. The van der Waals surface area contributed by atoms with Gasteiger partial charge in [0.2, 0.25) is 0 Å². The number of nitrogens with zero attached hydrogens (tertiary/aromatic N) is 3. The molecule has 7 heteroatoms. The number of thiocarbonyl (C=S) groups is 1. The third-order valence-electron chi connectivity index (χ3n) is 6.11. The molecule has 1 saturated heterocycles. The van der Waals surface area contributed by atoms with Crippen LogP contribution in [0.4, 0.5) is 10.1 Å². The molecule has 5 nitrogen and oxygen atoms in total. The first-order valence-corrected chi connectivity index (χ1v) is 11.1. The number of rotatable bonds is 4. The van der Waals surface area contributed by atoms with Crippen molar-refractivity contribution in [3.05, 3.63) is 107 Å². The van der Waals surface area contributed by atoms with Gasteiger partial charge in [-0.2, -0.15) is 0 Å². The Balaban J connectivity index is 1.69. The van der Waals surface area contributed by atoms with Gasteiger partial charge < -0.3 is 19.9 Å². The van der Waals surface area contributed by atoms with E-state index < -0.39 is 0 Å². The third-order valence-corrected chi connectivity index (χ3v) is 6.43. The van der Waals surface area contributed by atoms with Crippen LogP contribution >= 0.6 is 12.2 Å². The molecular weight excluding hydrogens is 435 g/mol. The quantitative estimate of drug-likeness (QED) is 0.395. The Kier molecular flexibility index (Phi) is 5.34. The molecule has 0 spiro atoms. The maximum atomic E-state index is 13.7. The van der Waals surface area contributed by atoms with Crippen molar-refractivity contribution in [3.63, 3.8) is 0 Å². The van der Waals surface area contributed by atoms with Gasteiger partial charge in [-0.25, -0.2) is 4.39 Å². The predicted octanol–water partition coefficient (Wildman–Crippen LogP) is 5.51. The number of aryl methyl sites for hydroxylation is 1. The van der Waals surface area contributed by atoms with Crippen molar-refractivity contribution in [1.29, 1.82) is 0 Å². The van der Waals surface area contributed by atoms with Gasteiger partial charge >= 0.3 is 0 Å². The molecular formula is C26H23FN4OS. The molecule has 5 rings (SSSR count). The Bertz CT molecular complexity index is 1320. The number of phenols is 1. The summed E-state index contributed by atoms with van der Waals surface area (Å²) in [6.45, 7) is 4.05. The summed E-state index contributed by atoms with van der Waals surface area (Å²) in [6, 6.07) is 21.1. The maximum Gasteiger partial charge on any atom is 0.174 e. The van der Waals surface area contributed by atoms with Crippen molar-refractivity contribution >= 4 is 23.0 Å². The lowest BCUT2D eigenvalue weighted by Gasteiger charge is -2.28. The Labute approximate surface area is 197 Å². The summed E-state index contributed by atoms with van der Waals surface area (Å²) in [6.07, 6.45) is 1.77. The largest absolute Gasteiger partial charge is 0.506 e. The number of phenolic OH excluding ortho intramolecular Hbond substituents is 1. The van der Waals surface area contributed by atoms with E-state index in [1.165, 1.54) is 12.1 Å². The van der Waals surface area contributed by atoms with Crippen molar-refractivity contribution in [2.75, 3.05) is 4.90 Å². The average Bonchev–Trinajstić information content (AvgIpc) is 3.31. The number of anilines is 1. The Morgan fingerprint density at radius 1 is 1.00 bits per heavy atom. The van der Waals surface area contributed by atoms with Crippen LogP contribution in [0.3, 0.4) is 0 Å². The summed E-state index contributed by atoms with van der Waals surface area (Å²) in [4.78, 5) is 6.61. The number of halogens is 1. The second-order valence-electron chi connectivity index (χ2n) is 8.12. The topological polar surface area (TPSA) is 53.3 Å². The number of nitrogens with one attached hydrogen (secondary N) is 1. The van der Waals surface area contributed by atoms with E-state index in [9.17, 15) is 9.50 Å². The van der Waals surface area contributed by atoms with E-state index in [1.807, 2.05) is 53.6 Å². The zero-order valence-corrected chi connectivity index (χ0v) is 19.1. The molecule has 0 saturated carbocycles. The molecule has 33 heavy (non-hydrogen) atoms. The average molecular weight is 459 g/mol. The number of hydrogen-bond acceptors (Lipinski definition) is 3. The Morgan fingerprint density at radius 2 is 1.73 bits per heavy atom. The fourth-order valence-electron chi connectivity index (χ4n) is 4.66. The van der Waals surface area contributed by atoms with Crippen LogP contribution in [-0.2, 0) is 0 Å². The van der Waals surface area contributed by atoms with Crippen molar-refractivity contribution in [2.45, 2.75) is 25.9 Å². The first-order valence-electron chi connectivity index (χ1n) is 10.7. The third kappa shape index (κ3) is 3.64. The summed E-state index contributed by atoms with van der Waals surface area (Å²) < 4.78 is 15.7. The van der Waals surface area contributed by atoms with Gasteiger partial charge in [-0.1, -0.05) is 18.2 Å². The zero-order valence-electron chi connectivity index (χ0n) is 18.2. The van der Waals surface area contributed by atoms with E-state index in [4.69, 9.17) is 12.2 Å². The summed E-state index contributed by atoms with van der Waals surface area (Å²) in [5.74, 6) is -0.0880. The second kappa shape index (κ2) is 8.33. The number of aromatic hydroxyl groups is 1. The highest BCUT2D eigenvalue weighted by Gasteiger charge is 2.42. The minimum absolute atomic E-state index is 0.206. The number of benzene rings is 2. The Hall–Kier alpha value is -3.71. The van der Waals surface area contributed by atoms with Gasteiger partial charge in [-0.05, 0) is 86.2 Å². The number of aromatic nitrogens is 2. The van der Waals surface area contributed by atoms with Crippen molar-refractivity contribution < 1.29 is 9.50 Å². The monoisotopic (exact) mass is 458 g/mol. The fraction of sp³-hybridized carbons (Fsp3) is 0.154. The molecule has 0 aliphatic carbocycles. The minimum Gasteiger partial charge on any atom is -0.506 e. The molecule has 1 aliphatic heterocycles. The van der Waals surface area contributed by atoms with Crippen LogP contribution in [-0.4, -0.2) is 19.8 Å². The van der Waals surface area contributed by atoms with Crippen LogP contribution < -0.4 is 10.2 Å². The highest BCUT2D eigenvalue weighted by Crippen LogP contribution is 2.44. The van der Waals surface area contributed by atoms with Gasteiger partial charge in [0.1, 0.15) is 11.6 Å². The van der Waals surface area contributed by atoms with Crippen molar-refractivity contribution in [1.82, 2.24) is 14.9 Å². The van der Waals surface area contributed by atoms with Crippen molar-refractivity contribution in [3.8, 4) is 11.4 Å². The zero-order chi connectivity index (χ0) is 23.1. The van der Waals surface area contributed by atoms with Crippen LogP contribution in [0.25, 0.3) is 5.69 Å². The van der Waals surface area contributed by atoms with E-state index in [1.54, 1.807) is 30.5 Å². The van der Waals surface area contributed by atoms with Crippen LogP contribution in [0.2, 0.25) is 0 Å². The lowest BCUT2D eigenvalue weighted by Crippen LogP contribution is -2.29. The molecule has 2 aromatic carbocycles. The molecule has 3 heterocycles. The van der Waals surface area contributed by atoms with E-state index in [0.29, 0.717) is 5.11 Å². The first kappa shape index (κ1) is 21.2. The van der Waals surface area contributed by atoms with Gasteiger partial charge in [-0.3, -0.25) is 4.98 Å². The first-order chi connectivity index (χ1) is 16.0. The van der Waals surface area contributed by atoms with Gasteiger partial charge in [0.25, 0.3) is 0 Å². The maximum absolute atomic E-state index is 13.7. The molecule has 0 bridgehead atoms. The van der Waals surface area contributed by atoms with Gasteiger partial charge in [0.05, 0.1) is 23.5 Å².